The predicted octanol–water partition coefficient (Wildman–Crippen LogP) is 1.17. The Morgan fingerprint density at radius 1 is 1.11 bits per heavy atom. The molecular formula is C10H12N6OS. The fourth-order valence-corrected chi connectivity index (χ4v) is 1.73. The molecule has 0 saturated heterocycles. The van der Waals surface area contributed by atoms with E-state index in [2.05, 4.69) is 30.2 Å². The third-order valence-corrected chi connectivity index (χ3v) is 2.70. The summed E-state index contributed by atoms with van der Waals surface area (Å²) in [6.07, 6.45) is 3.49. The number of aromatic nitrogens is 5. The summed E-state index contributed by atoms with van der Waals surface area (Å²) in [5.74, 6) is 0.441. The highest BCUT2D eigenvalue weighted by molar-refractivity contribution is 7.99. The fraction of sp³-hybridized carbons (Fsp3) is 0.300. The van der Waals surface area contributed by atoms with Crippen molar-refractivity contribution in [1.82, 2.24) is 24.9 Å². The largest absolute Gasteiger partial charge is 0.467 e. The molecule has 0 aliphatic carbocycles. The lowest BCUT2D eigenvalue weighted by Crippen LogP contribution is -2.02. The molecule has 0 aliphatic heterocycles. The van der Waals surface area contributed by atoms with Gasteiger partial charge in [-0.2, -0.15) is 15.0 Å². The van der Waals surface area contributed by atoms with Gasteiger partial charge in [0.15, 0.2) is 5.16 Å². The van der Waals surface area contributed by atoms with E-state index in [1.54, 1.807) is 19.4 Å². The first kappa shape index (κ1) is 12.5. The van der Waals surface area contributed by atoms with E-state index in [0.717, 1.165) is 5.56 Å². The monoisotopic (exact) mass is 264 g/mol. The minimum absolute atomic E-state index is 0.254. The average Bonchev–Trinajstić information content (AvgIpc) is 2.41. The summed E-state index contributed by atoms with van der Waals surface area (Å²) >= 11 is 1.25. The van der Waals surface area contributed by atoms with Crippen molar-refractivity contribution in [1.29, 1.82) is 0 Å². The van der Waals surface area contributed by atoms with E-state index in [1.165, 1.54) is 18.9 Å². The first-order chi connectivity index (χ1) is 8.71. The standard InChI is InChI=1S/C10H12N6OS/c1-6-4-12-9(13-5-6)18-10-15-7(11-2)14-8(16-10)17-3/h4-5H,1-3H3,(H,11,14,15,16). The summed E-state index contributed by atoms with van der Waals surface area (Å²) < 4.78 is 5.00. The Morgan fingerprint density at radius 2 is 1.83 bits per heavy atom. The number of rotatable bonds is 4. The molecule has 18 heavy (non-hydrogen) atoms. The van der Waals surface area contributed by atoms with Crippen LogP contribution in [0.15, 0.2) is 22.7 Å². The first-order valence-corrected chi connectivity index (χ1v) is 5.97. The van der Waals surface area contributed by atoms with Crippen molar-refractivity contribution in [3.05, 3.63) is 18.0 Å². The Morgan fingerprint density at radius 3 is 2.44 bits per heavy atom. The van der Waals surface area contributed by atoms with E-state index in [0.29, 0.717) is 16.3 Å². The van der Waals surface area contributed by atoms with Gasteiger partial charge in [0, 0.05) is 19.4 Å². The summed E-state index contributed by atoms with van der Waals surface area (Å²) in [6, 6.07) is 0.254. The number of nitrogens with zero attached hydrogens (tertiary/aromatic N) is 5. The summed E-state index contributed by atoms with van der Waals surface area (Å²) in [5.41, 5.74) is 1.00. The Bertz CT molecular complexity index is 510. The lowest BCUT2D eigenvalue weighted by Gasteiger charge is -2.04. The maximum absolute atomic E-state index is 5.00. The van der Waals surface area contributed by atoms with Gasteiger partial charge in [0.2, 0.25) is 11.1 Å². The molecule has 0 saturated carbocycles. The van der Waals surface area contributed by atoms with Crippen LogP contribution in [0.25, 0.3) is 0 Å². The SMILES string of the molecule is CNc1nc(OC)nc(Sc2ncc(C)cn2)n1. The van der Waals surface area contributed by atoms with Crippen LogP contribution in [-0.4, -0.2) is 39.1 Å². The third kappa shape index (κ3) is 3.04. The molecule has 2 aromatic rings. The van der Waals surface area contributed by atoms with Crippen molar-refractivity contribution < 1.29 is 4.74 Å². The maximum atomic E-state index is 5.00. The Balaban J connectivity index is 2.25. The summed E-state index contributed by atoms with van der Waals surface area (Å²) in [7, 11) is 3.23. The highest BCUT2D eigenvalue weighted by Crippen LogP contribution is 2.22. The number of nitrogens with one attached hydrogen (secondary N) is 1. The highest BCUT2D eigenvalue weighted by Gasteiger charge is 2.08. The second-order valence-corrected chi connectivity index (χ2v) is 4.26. The minimum Gasteiger partial charge on any atom is -0.467 e. The van der Waals surface area contributed by atoms with Crippen molar-refractivity contribution in [3.63, 3.8) is 0 Å². The van der Waals surface area contributed by atoms with Gasteiger partial charge in [-0.15, -0.1) is 0 Å². The number of anilines is 1. The smallest absolute Gasteiger partial charge is 0.321 e. The zero-order valence-electron chi connectivity index (χ0n) is 10.2. The van der Waals surface area contributed by atoms with Crippen molar-refractivity contribution in [3.8, 4) is 6.01 Å². The number of methoxy groups -OCH3 is 1. The average molecular weight is 264 g/mol. The molecule has 0 fully saturated rings. The Kier molecular flexibility index (Phi) is 3.88. The van der Waals surface area contributed by atoms with Crippen LogP contribution < -0.4 is 10.1 Å². The molecule has 0 bridgehead atoms. The lowest BCUT2D eigenvalue weighted by molar-refractivity contribution is 0.374. The molecular weight excluding hydrogens is 252 g/mol. The van der Waals surface area contributed by atoms with Gasteiger partial charge in [0.25, 0.3) is 0 Å². The van der Waals surface area contributed by atoms with Crippen molar-refractivity contribution in [2.75, 3.05) is 19.5 Å². The molecule has 0 spiro atoms. The van der Waals surface area contributed by atoms with E-state index in [1.807, 2.05) is 6.92 Å². The molecule has 0 atom stereocenters. The predicted molar refractivity (Wildman–Crippen MR) is 66.8 cm³/mol. The number of hydrogen-bond donors (Lipinski definition) is 1. The van der Waals surface area contributed by atoms with Crippen molar-refractivity contribution >= 4 is 17.7 Å². The normalized spacial score (nSPS) is 10.2. The Hall–Kier alpha value is -1.96. The molecule has 0 aromatic carbocycles. The maximum Gasteiger partial charge on any atom is 0.321 e. The molecule has 0 aliphatic rings. The molecule has 8 heteroatoms. The zero-order valence-corrected chi connectivity index (χ0v) is 11.0. The molecule has 1 N–H and O–H groups in total. The van der Waals surface area contributed by atoms with Crippen LogP contribution in [0.3, 0.4) is 0 Å². The van der Waals surface area contributed by atoms with Gasteiger partial charge in [0.1, 0.15) is 0 Å². The van der Waals surface area contributed by atoms with Crippen LogP contribution in [0.2, 0.25) is 0 Å². The summed E-state index contributed by atoms with van der Waals surface area (Å²) in [6.45, 7) is 1.93. The molecule has 0 amide bonds. The van der Waals surface area contributed by atoms with Crippen LogP contribution >= 0.6 is 11.8 Å². The molecule has 2 heterocycles. The number of hydrogen-bond acceptors (Lipinski definition) is 8. The van der Waals surface area contributed by atoms with E-state index in [-0.39, 0.29) is 6.01 Å². The van der Waals surface area contributed by atoms with Gasteiger partial charge in [0.05, 0.1) is 7.11 Å². The first-order valence-electron chi connectivity index (χ1n) is 5.15. The van der Waals surface area contributed by atoms with Gasteiger partial charge >= 0.3 is 6.01 Å². The van der Waals surface area contributed by atoms with E-state index in [9.17, 15) is 0 Å². The molecule has 0 unspecified atom stereocenters. The van der Waals surface area contributed by atoms with Crippen LogP contribution in [0.1, 0.15) is 5.56 Å². The van der Waals surface area contributed by atoms with Crippen LogP contribution in [0.4, 0.5) is 5.95 Å². The quantitative estimate of drug-likeness (QED) is 0.824. The highest BCUT2D eigenvalue weighted by atomic mass is 32.2. The van der Waals surface area contributed by atoms with Crippen LogP contribution in [0, 0.1) is 6.92 Å². The van der Waals surface area contributed by atoms with Gasteiger partial charge in [-0.05, 0) is 24.2 Å². The van der Waals surface area contributed by atoms with E-state index in [4.69, 9.17) is 4.74 Å². The molecule has 0 radical (unpaired) electrons. The van der Waals surface area contributed by atoms with Crippen LogP contribution in [-0.2, 0) is 0 Å². The number of ether oxygens (including phenoxy) is 1. The topological polar surface area (TPSA) is 85.7 Å². The van der Waals surface area contributed by atoms with E-state index >= 15 is 0 Å². The molecule has 2 aromatic heterocycles. The summed E-state index contributed by atoms with van der Waals surface area (Å²) in [4.78, 5) is 20.7. The second kappa shape index (κ2) is 5.58. The third-order valence-electron chi connectivity index (χ3n) is 1.94. The second-order valence-electron chi connectivity index (χ2n) is 3.32. The molecule has 2 rings (SSSR count). The van der Waals surface area contributed by atoms with Crippen molar-refractivity contribution in [2.45, 2.75) is 17.2 Å². The zero-order chi connectivity index (χ0) is 13.0. The van der Waals surface area contributed by atoms with Gasteiger partial charge in [-0.1, -0.05) is 0 Å². The number of aryl methyl sites for hydroxylation is 1. The fourth-order valence-electron chi connectivity index (χ4n) is 1.10. The van der Waals surface area contributed by atoms with Gasteiger partial charge < -0.3 is 10.1 Å². The lowest BCUT2D eigenvalue weighted by atomic mass is 10.4. The molecule has 94 valence electrons. The summed E-state index contributed by atoms with van der Waals surface area (Å²) in [5, 5.41) is 3.90. The van der Waals surface area contributed by atoms with E-state index < -0.39 is 0 Å². The van der Waals surface area contributed by atoms with Crippen LogP contribution in [0.5, 0.6) is 6.01 Å². The van der Waals surface area contributed by atoms with Crippen molar-refractivity contribution in [2.24, 2.45) is 0 Å². The Labute approximate surface area is 108 Å². The van der Waals surface area contributed by atoms with Gasteiger partial charge in [-0.3, -0.25) is 0 Å². The molecule has 7 nitrogen and oxygen atoms in total. The minimum atomic E-state index is 0.254. The van der Waals surface area contributed by atoms with Gasteiger partial charge in [-0.25, -0.2) is 9.97 Å².